The Bertz CT molecular complexity index is 373. The molecule has 1 aromatic rings. The minimum atomic E-state index is -0.941. The molecule has 0 aliphatic rings. The van der Waals surface area contributed by atoms with Crippen molar-refractivity contribution < 1.29 is 9.90 Å². The smallest absolute Gasteiger partial charge is 0.355 e. The lowest BCUT2D eigenvalue weighted by Crippen LogP contribution is -2.29. The molecular weight excluding hydrogens is 248 g/mol. The second-order valence-corrected chi connectivity index (χ2v) is 5.47. The molecule has 1 N–H and O–H groups in total. The maximum absolute atomic E-state index is 10.8. The Labute approximate surface area is 113 Å². The number of nitrogens with zero attached hydrogens (tertiary/aromatic N) is 2. The average molecular weight is 270 g/mol. The molecule has 0 bridgehead atoms. The van der Waals surface area contributed by atoms with Crippen LogP contribution in [0.4, 0.5) is 0 Å². The molecule has 0 radical (unpaired) electrons. The van der Waals surface area contributed by atoms with E-state index in [4.69, 9.17) is 5.11 Å². The summed E-state index contributed by atoms with van der Waals surface area (Å²) < 4.78 is 0. The number of carboxylic acid groups (broad SMARTS) is 1. The zero-order valence-corrected chi connectivity index (χ0v) is 12.2. The summed E-state index contributed by atoms with van der Waals surface area (Å²) >= 11 is 1.45. The van der Waals surface area contributed by atoms with Crippen LogP contribution in [0.15, 0.2) is 5.38 Å². The highest BCUT2D eigenvalue weighted by molar-refractivity contribution is 7.09. The van der Waals surface area contributed by atoms with Crippen molar-refractivity contribution in [2.45, 2.75) is 39.5 Å². The van der Waals surface area contributed by atoms with E-state index in [1.165, 1.54) is 11.3 Å². The minimum Gasteiger partial charge on any atom is -0.476 e. The molecule has 0 aromatic carbocycles. The largest absolute Gasteiger partial charge is 0.476 e. The first-order valence-electron chi connectivity index (χ1n) is 6.49. The number of carboxylic acids is 1. The number of hydrogen-bond donors (Lipinski definition) is 1. The van der Waals surface area contributed by atoms with Crippen LogP contribution in [-0.4, -0.2) is 40.6 Å². The van der Waals surface area contributed by atoms with E-state index in [1.54, 1.807) is 5.38 Å². The van der Waals surface area contributed by atoms with Gasteiger partial charge in [0.05, 0.1) is 5.01 Å². The van der Waals surface area contributed by atoms with Crippen LogP contribution in [0.2, 0.25) is 0 Å². The van der Waals surface area contributed by atoms with Crippen molar-refractivity contribution in [2.24, 2.45) is 0 Å². The van der Waals surface area contributed by atoms with Crippen LogP contribution in [0, 0.1) is 0 Å². The fraction of sp³-hybridized carbons (Fsp3) is 0.692. The molecule has 0 saturated heterocycles. The topological polar surface area (TPSA) is 53.4 Å². The molecule has 5 heteroatoms. The fourth-order valence-corrected chi connectivity index (χ4v) is 2.85. The maximum Gasteiger partial charge on any atom is 0.355 e. The van der Waals surface area contributed by atoms with Gasteiger partial charge in [-0.2, -0.15) is 0 Å². The van der Waals surface area contributed by atoms with Gasteiger partial charge in [0.15, 0.2) is 5.69 Å². The Morgan fingerprint density at radius 1 is 1.44 bits per heavy atom. The van der Waals surface area contributed by atoms with Gasteiger partial charge < -0.3 is 10.0 Å². The Balaban J connectivity index is 2.61. The molecule has 0 saturated carbocycles. The highest BCUT2D eigenvalue weighted by Crippen LogP contribution is 2.21. The van der Waals surface area contributed by atoms with Gasteiger partial charge >= 0.3 is 5.97 Å². The zero-order valence-electron chi connectivity index (χ0n) is 11.3. The van der Waals surface area contributed by atoms with Gasteiger partial charge in [0.2, 0.25) is 0 Å². The standard InChI is InChI=1S/C13H22N2O2S/c1-4-6-15(7-5-2)8-10(3)12-14-11(9-18-12)13(16)17/h9-10H,4-8H2,1-3H3,(H,16,17). The quantitative estimate of drug-likeness (QED) is 0.788. The van der Waals surface area contributed by atoms with Crippen LogP contribution in [0.3, 0.4) is 0 Å². The summed E-state index contributed by atoms with van der Waals surface area (Å²) in [5.74, 6) is -0.648. The molecule has 18 heavy (non-hydrogen) atoms. The normalized spacial score (nSPS) is 12.9. The van der Waals surface area contributed by atoms with E-state index < -0.39 is 5.97 Å². The number of hydrogen-bond acceptors (Lipinski definition) is 4. The third kappa shape index (κ3) is 4.38. The SMILES string of the molecule is CCCN(CCC)CC(C)c1nc(C(=O)O)cs1. The Hall–Kier alpha value is -0.940. The molecule has 1 aromatic heterocycles. The monoisotopic (exact) mass is 270 g/mol. The van der Waals surface area contributed by atoms with Gasteiger partial charge in [0.1, 0.15) is 0 Å². The van der Waals surface area contributed by atoms with Crippen molar-refractivity contribution in [1.82, 2.24) is 9.88 Å². The molecule has 1 heterocycles. The third-order valence-corrected chi connectivity index (χ3v) is 3.85. The minimum absolute atomic E-state index is 0.166. The third-order valence-electron chi connectivity index (χ3n) is 2.77. The predicted molar refractivity (Wildman–Crippen MR) is 74.5 cm³/mol. The van der Waals surface area contributed by atoms with E-state index in [0.29, 0.717) is 5.92 Å². The van der Waals surface area contributed by atoms with E-state index in [-0.39, 0.29) is 5.69 Å². The summed E-state index contributed by atoms with van der Waals surface area (Å²) in [5, 5.41) is 11.4. The van der Waals surface area contributed by atoms with Crippen molar-refractivity contribution in [3.63, 3.8) is 0 Å². The lowest BCUT2D eigenvalue weighted by Gasteiger charge is -2.23. The maximum atomic E-state index is 10.8. The molecule has 0 fully saturated rings. The van der Waals surface area contributed by atoms with Gasteiger partial charge in [-0.05, 0) is 25.9 Å². The van der Waals surface area contributed by atoms with Gasteiger partial charge in [0.25, 0.3) is 0 Å². The summed E-state index contributed by atoms with van der Waals surface area (Å²) in [5.41, 5.74) is 0.166. The van der Waals surface area contributed by atoms with Crippen LogP contribution in [0.5, 0.6) is 0 Å². The summed E-state index contributed by atoms with van der Waals surface area (Å²) in [6, 6.07) is 0. The predicted octanol–water partition coefficient (Wildman–Crippen LogP) is 3.07. The number of thiazole rings is 1. The van der Waals surface area contributed by atoms with Crippen LogP contribution in [0.25, 0.3) is 0 Å². The van der Waals surface area contributed by atoms with Crippen molar-refractivity contribution >= 4 is 17.3 Å². The van der Waals surface area contributed by atoms with E-state index >= 15 is 0 Å². The molecule has 1 atom stereocenters. The molecule has 0 spiro atoms. The average Bonchev–Trinajstić information content (AvgIpc) is 2.79. The Morgan fingerprint density at radius 3 is 2.50 bits per heavy atom. The van der Waals surface area contributed by atoms with Gasteiger partial charge in [0, 0.05) is 17.8 Å². The van der Waals surface area contributed by atoms with E-state index in [2.05, 4.69) is 30.7 Å². The zero-order chi connectivity index (χ0) is 13.5. The molecule has 0 amide bonds. The Kier molecular flexibility index (Phi) is 6.29. The number of carbonyl (C=O) groups is 1. The van der Waals surface area contributed by atoms with Crippen molar-refractivity contribution in [3.05, 3.63) is 16.1 Å². The molecule has 0 aliphatic heterocycles. The van der Waals surface area contributed by atoms with Gasteiger partial charge in [-0.25, -0.2) is 9.78 Å². The van der Waals surface area contributed by atoms with Crippen molar-refractivity contribution in [2.75, 3.05) is 19.6 Å². The first-order chi connectivity index (χ1) is 8.58. The molecule has 1 unspecified atom stereocenters. The highest BCUT2D eigenvalue weighted by atomic mass is 32.1. The first-order valence-corrected chi connectivity index (χ1v) is 7.37. The summed E-state index contributed by atoms with van der Waals surface area (Å²) in [6.07, 6.45) is 2.29. The molecule has 102 valence electrons. The van der Waals surface area contributed by atoms with Gasteiger partial charge in [-0.1, -0.05) is 20.8 Å². The molecular formula is C13H22N2O2S. The second kappa shape index (κ2) is 7.48. The second-order valence-electron chi connectivity index (χ2n) is 4.58. The highest BCUT2D eigenvalue weighted by Gasteiger charge is 2.16. The van der Waals surface area contributed by atoms with Gasteiger partial charge in [-0.3, -0.25) is 0 Å². The van der Waals surface area contributed by atoms with Gasteiger partial charge in [-0.15, -0.1) is 11.3 Å². The van der Waals surface area contributed by atoms with E-state index in [0.717, 1.165) is 37.5 Å². The number of aromatic carboxylic acids is 1. The summed E-state index contributed by atoms with van der Waals surface area (Å²) in [4.78, 5) is 17.4. The molecule has 0 aliphatic carbocycles. The van der Waals surface area contributed by atoms with Crippen molar-refractivity contribution in [1.29, 1.82) is 0 Å². The van der Waals surface area contributed by atoms with Crippen LogP contribution in [-0.2, 0) is 0 Å². The summed E-state index contributed by atoms with van der Waals surface area (Å²) in [7, 11) is 0. The molecule has 4 nitrogen and oxygen atoms in total. The Morgan fingerprint density at radius 2 is 2.06 bits per heavy atom. The first kappa shape index (κ1) is 15.1. The number of aromatic nitrogens is 1. The summed E-state index contributed by atoms with van der Waals surface area (Å²) in [6.45, 7) is 9.61. The van der Waals surface area contributed by atoms with E-state index in [9.17, 15) is 4.79 Å². The van der Waals surface area contributed by atoms with Crippen LogP contribution in [0.1, 0.15) is 55.0 Å². The number of rotatable bonds is 8. The lowest BCUT2D eigenvalue weighted by molar-refractivity contribution is 0.0691. The molecule has 1 rings (SSSR count). The van der Waals surface area contributed by atoms with E-state index in [1.807, 2.05) is 0 Å². The van der Waals surface area contributed by atoms with Crippen LogP contribution >= 0.6 is 11.3 Å². The fourth-order valence-electron chi connectivity index (χ4n) is 2.00. The van der Waals surface area contributed by atoms with Crippen LogP contribution < -0.4 is 0 Å². The van der Waals surface area contributed by atoms with Crippen molar-refractivity contribution in [3.8, 4) is 0 Å². The lowest BCUT2D eigenvalue weighted by atomic mass is 10.1.